The van der Waals surface area contributed by atoms with Crippen LogP contribution in [0.4, 0.5) is 5.13 Å². The van der Waals surface area contributed by atoms with Crippen molar-refractivity contribution in [1.29, 1.82) is 0 Å². The molecule has 1 aliphatic heterocycles. The molecular formula is C15H12ClN3O3S. The quantitative estimate of drug-likeness (QED) is 0.628. The van der Waals surface area contributed by atoms with Gasteiger partial charge in [-0.3, -0.25) is 9.59 Å². The van der Waals surface area contributed by atoms with Crippen LogP contribution in [-0.4, -0.2) is 29.7 Å². The third kappa shape index (κ3) is 3.11. The molecule has 2 aromatic rings. The average molecular weight is 350 g/mol. The van der Waals surface area contributed by atoms with Gasteiger partial charge in [-0.25, -0.2) is 4.98 Å². The third-order valence-corrected chi connectivity index (χ3v) is 4.23. The van der Waals surface area contributed by atoms with E-state index in [-0.39, 0.29) is 6.61 Å². The van der Waals surface area contributed by atoms with Crippen molar-refractivity contribution >= 4 is 46.2 Å². The van der Waals surface area contributed by atoms with Gasteiger partial charge in [0.2, 0.25) is 5.13 Å². The fraction of sp³-hybridized carbons (Fsp3) is 0.200. The summed E-state index contributed by atoms with van der Waals surface area (Å²) in [5.41, 5.74) is 1.60. The van der Waals surface area contributed by atoms with Gasteiger partial charge in [0.1, 0.15) is 0 Å². The largest absolute Gasteiger partial charge is 0.465 e. The van der Waals surface area contributed by atoms with Crippen LogP contribution in [0.15, 0.2) is 34.7 Å². The van der Waals surface area contributed by atoms with Gasteiger partial charge in [-0.2, -0.15) is 10.1 Å². The number of halogens is 1. The number of ether oxygens (including phenoxy) is 1. The number of amides is 1. The van der Waals surface area contributed by atoms with Crippen molar-refractivity contribution in [3.63, 3.8) is 0 Å². The fourth-order valence-corrected chi connectivity index (χ4v) is 2.96. The van der Waals surface area contributed by atoms with E-state index >= 15 is 0 Å². The van der Waals surface area contributed by atoms with E-state index in [1.54, 1.807) is 19.1 Å². The Hall–Kier alpha value is -2.25. The lowest BCUT2D eigenvalue weighted by Crippen LogP contribution is -2.32. The van der Waals surface area contributed by atoms with Crippen LogP contribution in [0.5, 0.6) is 0 Å². The van der Waals surface area contributed by atoms with Crippen LogP contribution in [0.3, 0.4) is 0 Å². The van der Waals surface area contributed by atoms with Gasteiger partial charge in [0.25, 0.3) is 5.91 Å². The molecule has 6 nitrogen and oxygen atoms in total. The Morgan fingerprint density at radius 2 is 2.13 bits per heavy atom. The van der Waals surface area contributed by atoms with Crippen molar-refractivity contribution in [2.75, 3.05) is 11.6 Å². The number of rotatable bonds is 4. The molecule has 1 unspecified atom stereocenters. The predicted octanol–water partition coefficient (Wildman–Crippen LogP) is 2.98. The van der Waals surface area contributed by atoms with E-state index in [0.29, 0.717) is 15.8 Å². The van der Waals surface area contributed by atoms with Gasteiger partial charge in [0.15, 0.2) is 5.92 Å². The van der Waals surface area contributed by atoms with E-state index in [1.807, 2.05) is 17.5 Å². The molecule has 0 saturated carbocycles. The molecule has 0 aliphatic carbocycles. The highest BCUT2D eigenvalue weighted by molar-refractivity contribution is 7.14. The zero-order chi connectivity index (χ0) is 16.4. The molecule has 1 aliphatic rings. The topological polar surface area (TPSA) is 71.9 Å². The molecule has 118 valence electrons. The Morgan fingerprint density at radius 3 is 2.83 bits per heavy atom. The number of hydrazone groups is 1. The highest BCUT2D eigenvalue weighted by Gasteiger charge is 2.37. The molecule has 0 fully saturated rings. The van der Waals surface area contributed by atoms with Crippen molar-refractivity contribution in [3.8, 4) is 11.3 Å². The molecule has 8 heteroatoms. The lowest BCUT2D eigenvalue weighted by molar-refractivity contribution is -0.147. The summed E-state index contributed by atoms with van der Waals surface area (Å²) >= 11 is 7.14. The van der Waals surface area contributed by atoms with Gasteiger partial charge in [-0.15, -0.1) is 11.3 Å². The Labute approximate surface area is 141 Å². The average Bonchev–Trinajstić information content (AvgIpc) is 3.15. The first-order chi connectivity index (χ1) is 11.1. The molecule has 1 aromatic carbocycles. The summed E-state index contributed by atoms with van der Waals surface area (Å²) < 4.78 is 4.86. The van der Waals surface area contributed by atoms with Gasteiger partial charge in [0, 0.05) is 22.2 Å². The van der Waals surface area contributed by atoms with Crippen LogP contribution in [0, 0.1) is 5.92 Å². The van der Waals surface area contributed by atoms with Gasteiger partial charge in [-0.1, -0.05) is 23.7 Å². The van der Waals surface area contributed by atoms with Gasteiger partial charge < -0.3 is 4.74 Å². The number of benzene rings is 1. The number of carbonyl (C=O) groups is 2. The minimum Gasteiger partial charge on any atom is -0.465 e. The predicted molar refractivity (Wildman–Crippen MR) is 88.7 cm³/mol. The SMILES string of the molecule is CCOC(=O)C1C=NN(c2nc(-c3ccc(Cl)cc3)cs2)C1=O. The number of carbonyl (C=O) groups excluding carboxylic acids is 2. The number of hydrogen-bond donors (Lipinski definition) is 0. The van der Waals surface area contributed by atoms with Crippen LogP contribution in [0.1, 0.15) is 6.92 Å². The smallest absolute Gasteiger partial charge is 0.324 e. The summed E-state index contributed by atoms with van der Waals surface area (Å²) in [7, 11) is 0. The van der Waals surface area contributed by atoms with Crippen molar-refractivity contribution in [2.45, 2.75) is 6.92 Å². The highest BCUT2D eigenvalue weighted by atomic mass is 35.5. The molecule has 23 heavy (non-hydrogen) atoms. The van der Waals surface area contributed by atoms with E-state index in [4.69, 9.17) is 16.3 Å². The minimum absolute atomic E-state index is 0.217. The third-order valence-electron chi connectivity index (χ3n) is 3.16. The number of anilines is 1. The van der Waals surface area contributed by atoms with Gasteiger partial charge in [0.05, 0.1) is 12.3 Å². The van der Waals surface area contributed by atoms with Crippen molar-refractivity contribution in [2.24, 2.45) is 11.0 Å². The van der Waals surface area contributed by atoms with E-state index in [1.165, 1.54) is 17.6 Å². The molecule has 0 radical (unpaired) electrons. The number of hydrogen-bond acceptors (Lipinski definition) is 6. The molecule has 3 rings (SSSR count). The molecule has 0 saturated heterocycles. The first-order valence-corrected chi connectivity index (χ1v) is 8.12. The summed E-state index contributed by atoms with van der Waals surface area (Å²) in [5.74, 6) is -2.06. The van der Waals surface area contributed by atoms with Crippen LogP contribution in [0.25, 0.3) is 11.3 Å². The van der Waals surface area contributed by atoms with Gasteiger partial charge in [-0.05, 0) is 19.1 Å². The summed E-state index contributed by atoms with van der Waals surface area (Å²) in [4.78, 5) is 28.4. The molecular weight excluding hydrogens is 338 g/mol. The fourth-order valence-electron chi connectivity index (χ4n) is 2.04. The lowest BCUT2D eigenvalue weighted by atomic mass is 10.1. The number of aromatic nitrogens is 1. The summed E-state index contributed by atoms with van der Waals surface area (Å²) in [6.45, 7) is 1.90. The second-order valence-corrected chi connectivity index (χ2v) is 5.94. The molecule has 1 atom stereocenters. The van der Waals surface area contributed by atoms with E-state index < -0.39 is 17.8 Å². The standard InChI is InChI=1S/C15H12ClN3O3S/c1-2-22-14(21)11-7-17-19(13(11)20)15-18-12(8-23-15)9-3-5-10(16)6-4-9/h3-8,11H,2H2,1H3. The molecule has 1 aromatic heterocycles. The second kappa shape index (κ2) is 6.47. The van der Waals surface area contributed by atoms with Crippen LogP contribution in [0.2, 0.25) is 5.02 Å². The van der Waals surface area contributed by atoms with E-state index in [0.717, 1.165) is 10.6 Å². The molecule has 1 amide bonds. The lowest BCUT2D eigenvalue weighted by Gasteiger charge is -2.10. The molecule has 0 N–H and O–H groups in total. The van der Waals surface area contributed by atoms with Crippen LogP contribution < -0.4 is 5.01 Å². The number of esters is 1. The van der Waals surface area contributed by atoms with E-state index in [9.17, 15) is 9.59 Å². The van der Waals surface area contributed by atoms with Crippen molar-refractivity contribution < 1.29 is 14.3 Å². The minimum atomic E-state index is -1.00. The maximum absolute atomic E-state index is 12.3. The first-order valence-electron chi connectivity index (χ1n) is 6.86. The molecule has 0 bridgehead atoms. The van der Waals surface area contributed by atoms with Crippen LogP contribution >= 0.6 is 22.9 Å². The Morgan fingerprint density at radius 1 is 1.39 bits per heavy atom. The highest BCUT2D eigenvalue weighted by Crippen LogP contribution is 2.30. The maximum Gasteiger partial charge on any atom is 0.324 e. The Balaban J connectivity index is 1.79. The monoisotopic (exact) mass is 349 g/mol. The zero-order valence-corrected chi connectivity index (χ0v) is 13.7. The van der Waals surface area contributed by atoms with Crippen LogP contribution in [-0.2, 0) is 14.3 Å². The first kappa shape index (κ1) is 15.6. The van der Waals surface area contributed by atoms with Crippen molar-refractivity contribution in [1.82, 2.24) is 4.98 Å². The molecule has 2 heterocycles. The summed E-state index contributed by atoms with van der Waals surface area (Å²) in [6, 6.07) is 7.23. The maximum atomic E-state index is 12.3. The summed E-state index contributed by atoms with van der Waals surface area (Å²) in [5, 5.41) is 7.97. The second-order valence-electron chi connectivity index (χ2n) is 4.67. The number of nitrogens with zero attached hydrogens (tertiary/aromatic N) is 3. The normalized spacial score (nSPS) is 16.9. The van der Waals surface area contributed by atoms with E-state index in [2.05, 4.69) is 10.1 Å². The number of thiazole rings is 1. The Bertz CT molecular complexity index is 773. The van der Waals surface area contributed by atoms with Gasteiger partial charge >= 0.3 is 5.97 Å². The molecule has 0 spiro atoms. The Kier molecular flexibility index (Phi) is 4.40. The summed E-state index contributed by atoms with van der Waals surface area (Å²) in [6.07, 6.45) is 1.28. The zero-order valence-electron chi connectivity index (χ0n) is 12.1. The van der Waals surface area contributed by atoms with Crippen molar-refractivity contribution in [3.05, 3.63) is 34.7 Å².